The van der Waals surface area contributed by atoms with Gasteiger partial charge in [-0.3, -0.25) is 4.79 Å². The molecule has 1 aliphatic heterocycles. The Morgan fingerprint density at radius 2 is 1.94 bits per heavy atom. The second-order valence-electron chi connectivity index (χ2n) is 8.28. The third-order valence-electron chi connectivity index (χ3n) is 5.73. The van der Waals surface area contributed by atoms with E-state index < -0.39 is 0 Å². The van der Waals surface area contributed by atoms with Gasteiger partial charge in [-0.05, 0) is 54.7 Å². The molecule has 0 radical (unpaired) electrons. The van der Waals surface area contributed by atoms with Crippen molar-refractivity contribution < 1.29 is 13.9 Å². The minimum atomic E-state index is -0.290. The molecular formula is C26H29FN4O2. The van der Waals surface area contributed by atoms with Gasteiger partial charge in [-0.1, -0.05) is 31.2 Å². The van der Waals surface area contributed by atoms with Crippen molar-refractivity contribution in [3.05, 3.63) is 72.3 Å². The zero-order valence-corrected chi connectivity index (χ0v) is 18.8. The van der Waals surface area contributed by atoms with E-state index in [9.17, 15) is 9.18 Å². The normalized spacial score (nSPS) is 15.8. The van der Waals surface area contributed by atoms with E-state index in [0.29, 0.717) is 25.6 Å². The van der Waals surface area contributed by atoms with Crippen LogP contribution in [-0.2, 0) is 11.3 Å². The number of nitrogens with zero attached hydrogens (tertiary/aromatic N) is 3. The Balaban J connectivity index is 1.32. The van der Waals surface area contributed by atoms with Crippen molar-refractivity contribution in [2.24, 2.45) is 5.92 Å². The smallest absolute Gasteiger partial charge is 0.225 e. The molecule has 7 heteroatoms. The quantitative estimate of drug-likeness (QED) is 0.545. The maximum atomic E-state index is 13.5. The molecule has 1 atom stereocenters. The summed E-state index contributed by atoms with van der Waals surface area (Å²) in [5, 5.41) is 3.06. The topological polar surface area (TPSA) is 67.3 Å². The summed E-state index contributed by atoms with van der Waals surface area (Å²) in [5.74, 6) is 1.08. The molecule has 1 amide bonds. The lowest BCUT2D eigenvalue weighted by Gasteiger charge is -2.32. The second-order valence-corrected chi connectivity index (χ2v) is 8.28. The van der Waals surface area contributed by atoms with Crippen LogP contribution in [0.1, 0.15) is 31.7 Å². The number of piperidine rings is 1. The molecule has 0 unspecified atom stereocenters. The Bertz CT molecular complexity index is 1060. The molecule has 6 nitrogen and oxygen atoms in total. The molecular weight excluding hydrogens is 419 g/mol. The Kier molecular flexibility index (Phi) is 7.50. The van der Waals surface area contributed by atoms with Gasteiger partial charge in [0, 0.05) is 37.6 Å². The van der Waals surface area contributed by atoms with Gasteiger partial charge >= 0.3 is 0 Å². The van der Waals surface area contributed by atoms with E-state index in [1.54, 1.807) is 18.5 Å². The van der Waals surface area contributed by atoms with Crippen molar-refractivity contribution >= 4 is 11.9 Å². The fourth-order valence-electron chi connectivity index (χ4n) is 3.93. The molecule has 1 N–H and O–H groups in total. The minimum Gasteiger partial charge on any atom is -0.494 e. The Labute approximate surface area is 193 Å². The van der Waals surface area contributed by atoms with E-state index in [0.717, 1.165) is 48.2 Å². The molecule has 1 fully saturated rings. The molecule has 0 bridgehead atoms. The van der Waals surface area contributed by atoms with Gasteiger partial charge in [0.1, 0.15) is 11.6 Å². The number of carbonyl (C=O) groups excluding carboxylic acids is 1. The second kappa shape index (κ2) is 10.9. The number of anilines is 1. The lowest BCUT2D eigenvalue weighted by molar-refractivity contribution is -0.125. The van der Waals surface area contributed by atoms with Gasteiger partial charge in [-0.2, -0.15) is 0 Å². The largest absolute Gasteiger partial charge is 0.494 e. The number of amides is 1. The number of aromatic nitrogens is 2. The van der Waals surface area contributed by atoms with E-state index in [2.05, 4.69) is 22.2 Å². The number of benzene rings is 2. The summed E-state index contributed by atoms with van der Waals surface area (Å²) in [4.78, 5) is 23.8. The highest BCUT2D eigenvalue weighted by atomic mass is 19.1. The van der Waals surface area contributed by atoms with E-state index in [1.165, 1.54) is 12.1 Å². The van der Waals surface area contributed by atoms with Crippen molar-refractivity contribution in [2.45, 2.75) is 32.7 Å². The molecule has 172 valence electrons. The molecule has 1 aliphatic rings. The van der Waals surface area contributed by atoms with Crippen LogP contribution in [0.25, 0.3) is 11.1 Å². The molecule has 0 spiro atoms. The number of hydrogen-bond acceptors (Lipinski definition) is 5. The third-order valence-corrected chi connectivity index (χ3v) is 5.73. The highest BCUT2D eigenvalue weighted by Gasteiger charge is 2.27. The van der Waals surface area contributed by atoms with Gasteiger partial charge in [0.15, 0.2) is 0 Å². The lowest BCUT2D eigenvalue weighted by atomic mass is 9.97. The summed E-state index contributed by atoms with van der Waals surface area (Å²) in [6.07, 6.45) is 6.12. The highest BCUT2D eigenvalue weighted by molar-refractivity contribution is 5.79. The highest BCUT2D eigenvalue weighted by Crippen LogP contribution is 2.23. The molecule has 4 rings (SSSR count). The van der Waals surface area contributed by atoms with Crippen molar-refractivity contribution in [3.8, 4) is 16.9 Å². The van der Waals surface area contributed by atoms with Crippen LogP contribution in [-0.4, -0.2) is 35.6 Å². The van der Waals surface area contributed by atoms with Gasteiger partial charge in [0.2, 0.25) is 11.9 Å². The summed E-state index contributed by atoms with van der Waals surface area (Å²) in [7, 11) is 0. The van der Waals surface area contributed by atoms with Crippen molar-refractivity contribution in [2.75, 3.05) is 24.6 Å². The fourth-order valence-corrected chi connectivity index (χ4v) is 3.93. The van der Waals surface area contributed by atoms with Crippen LogP contribution in [0, 0.1) is 11.7 Å². The fraction of sp³-hybridized carbons (Fsp3) is 0.346. The van der Waals surface area contributed by atoms with Crippen molar-refractivity contribution in [1.82, 2.24) is 15.3 Å². The number of hydrogen-bond donors (Lipinski definition) is 1. The van der Waals surface area contributed by atoms with Crippen molar-refractivity contribution in [3.63, 3.8) is 0 Å². The van der Waals surface area contributed by atoms with Crippen molar-refractivity contribution in [1.29, 1.82) is 0 Å². The first-order valence-corrected chi connectivity index (χ1v) is 11.4. The standard InChI is InChI=1S/C26H29FN4O2/c1-2-13-33-24-10-8-19(9-11-24)15-28-25(32)21-6-4-12-31(18-21)26-29-16-22(17-30-26)20-5-3-7-23(27)14-20/h3,5,7-11,14,16-17,21H,2,4,6,12-13,15,18H2,1H3,(H,28,32)/t21-/m1/s1. The Morgan fingerprint density at radius 1 is 1.15 bits per heavy atom. The molecule has 2 heterocycles. The summed E-state index contributed by atoms with van der Waals surface area (Å²) >= 11 is 0. The van der Waals surface area contributed by atoms with Crippen LogP contribution >= 0.6 is 0 Å². The third kappa shape index (κ3) is 6.06. The van der Waals surface area contributed by atoms with Gasteiger partial charge in [-0.15, -0.1) is 0 Å². The number of ether oxygens (including phenoxy) is 1. The van der Waals surface area contributed by atoms with E-state index in [4.69, 9.17) is 4.74 Å². The number of halogens is 1. The zero-order chi connectivity index (χ0) is 23.0. The molecule has 2 aromatic carbocycles. The SMILES string of the molecule is CCCOc1ccc(CNC(=O)[C@@H]2CCCN(c3ncc(-c4cccc(F)c4)cn3)C2)cc1. The summed E-state index contributed by atoms with van der Waals surface area (Å²) < 4.78 is 19.1. The number of carbonyl (C=O) groups is 1. The molecule has 0 saturated carbocycles. The van der Waals surface area contributed by atoms with Crippen LogP contribution in [0.2, 0.25) is 0 Å². The van der Waals surface area contributed by atoms with E-state index in [-0.39, 0.29) is 17.6 Å². The average molecular weight is 449 g/mol. The first kappa shape index (κ1) is 22.7. The van der Waals surface area contributed by atoms with Crippen LogP contribution in [0.15, 0.2) is 60.9 Å². The predicted octanol–water partition coefficient (Wildman–Crippen LogP) is 4.60. The molecule has 3 aromatic rings. The average Bonchev–Trinajstić information content (AvgIpc) is 2.87. The number of nitrogens with one attached hydrogen (secondary N) is 1. The van der Waals surface area contributed by atoms with Crippen LogP contribution < -0.4 is 15.0 Å². The summed E-state index contributed by atoms with van der Waals surface area (Å²) in [6.45, 7) is 4.65. The first-order chi connectivity index (χ1) is 16.1. The molecule has 33 heavy (non-hydrogen) atoms. The van der Waals surface area contributed by atoms with Crippen LogP contribution in [0.5, 0.6) is 5.75 Å². The van der Waals surface area contributed by atoms with E-state index >= 15 is 0 Å². The molecule has 0 aliphatic carbocycles. The van der Waals surface area contributed by atoms with Gasteiger partial charge in [0.25, 0.3) is 0 Å². The summed E-state index contributed by atoms with van der Waals surface area (Å²) in [6, 6.07) is 14.2. The van der Waals surface area contributed by atoms with Gasteiger partial charge in [0.05, 0.1) is 12.5 Å². The van der Waals surface area contributed by atoms with Gasteiger partial charge < -0.3 is 15.0 Å². The lowest BCUT2D eigenvalue weighted by Crippen LogP contribution is -2.43. The van der Waals surface area contributed by atoms with Gasteiger partial charge in [-0.25, -0.2) is 14.4 Å². The summed E-state index contributed by atoms with van der Waals surface area (Å²) in [5.41, 5.74) is 2.54. The van der Waals surface area contributed by atoms with Crippen LogP contribution in [0.3, 0.4) is 0 Å². The molecule has 1 saturated heterocycles. The first-order valence-electron chi connectivity index (χ1n) is 11.4. The Morgan fingerprint density at radius 3 is 2.67 bits per heavy atom. The Hall–Kier alpha value is -3.48. The predicted molar refractivity (Wildman–Crippen MR) is 126 cm³/mol. The monoisotopic (exact) mass is 448 g/mol. The van der Waals surface area contributed by atoms with E-state index in [1.807, 2.05) is 35.2 Å². The van der Waals surface area contributed by atoms with Crippen LogP contribution in [0.4, 0.5) is 10.3 Å². The molecule has 1 aromatic heterocycles. The maximum Gasteiger partial charge on any atom is 0.225 e. The minimum absolute atomic E-state index is 0.0439. The zero-order valence-electron chi connectivity index (χ0n) is 18.8. The number of rotatable bonds is 8. The maximum absolute atomic E-state index is 13.5.